The maximum atomic E-state index is 12.8. The topological polar surface area (TPSA) is 150 Å². The van der Waals surface area contributed by atoms with Crippen LogP contribution in [0, 0.1) is 0 Å². The number of methoxy groups -OCH3 is 1. The third kappa shape index (κ3) is 7.98. The van der Waals surface area contributed by atoms with E-state index in [1.165, 1.54) is 14.2 Å². The quantitative estimate of drug-likeness (QED) is 0.357. The van der Waals surface area contributed by atoms with Crippen molar-refractivity contribution < 1.29 is 28.6 Å². The highest BCUT2D eigenvalue weighted by atomic mass is 16.6. The maximum Gasteiger partial charge on any atom is 0.410 e. The predicted octanol–water partition coefficient (Wildman–Crippen LogP) is 2.22. The van der Waals surface area contributed by atoms with Gasteiger partial charge in [0.15, 0.2) is 11.5 Å². The first-order chi connectivity index (χ1) is 17.6. The summed E-state index contributed by atoms with van der Waals surface area (Å²) in [4.78, 5) is 37.7. The van der Waals surface area contributed by atoms with Gasteiger partial charge in [-0.3, -0.25) is 14.0 Å². The minimum Gasteiger partial charge on any atom is -0.468 e. The van der Waals surface area contributed by atoms with Gasteiger partial charge in [-0.15, -0.1) is 10.2 Å². The van der Waals surface area contributed by atoms with Crippen LogP contribution in [0.2, 0.25) is 0 Å². The molecule has 0 unspecified atom stereocenters. The van der Waals surface area contributed by atoms with Crippen molar-refractivity contribution >= 4 is 23.6 Å². The average molecular weight is 529 g/mol. The van der Waals surface area contributed by atoms with E-state index in [4.69, 9.17) is 15.2 Å². The number of nitrogens with zero attached hydrogens (tertiary/aromatic N) is 4. The molecule has 2 amide bonds. The normalized spacial score (nSPS) is 11.8. The van der Waals surface area contributed by atoms with Gasteiger partial charge in [-0.1, -0.05) is 43.8 Å². The second kappa shape index (κ2) is 13.5. The molecule has 2 heterocycles. The monoisotopic (exact) mass is 528 g/mol. The number of hydrogen-bond acceptors (Lipinski definition) is 9. The standard InChI is InChI=1S/C25H32N6O6.CH4/c1-25(2,26)23(33)27-19(16-36-14-17-9-6-5-7-10-17)22-29-28-20-12-8-11-18(31(20)22)15-37-24(34)30(3)13-21(32)35-4;/h5-12,19H,13-16,26H2,1-4H3,(H,27,33);1H4/t19-;/m1./s1. The Morgan fingerprint density at radius 2 is 1.79 bits per heavy atom. The fourth-order valence-corrected chi connectivity index (χ4v) is 3.33. The molecular weight excluding hydrogens is 492 g/mol. The second-order valence-corrected chi connectivity index (χ2v) is 9.00. The highest BCUT2D eigenvalue weighted by molar-refractivity contribution is 5.85. The van der Waals surface area contributed by atoms with Crippen LogP contribution in [0.1, 0.15) is 44.4 Å². The van der Waals surface area contributed by atoms with Crippen molar-refractivity contribution in [2.45, 2.75) is 46.1 Å². The number of fused-ring (bicyclic) bond motifs is 1. The van der Waals surface area contributed by atoms with E-state index in [9.17, 15) is 14.4 Å². The lowest BCUT2D eigenvalue weighted by Gasteiger charge is -2.24. The smallest absolute Gasteiger partial charge is 0.410 e. The van der Waals surface area contributed by atoms with Crippen LogP contribution in [0.25, 0.3) is 5.65 Å². The number of rotatable bonds is 11. The van der Waals surface area contributed by atoms with Crippen molar-refractivity contribution in [1.29, 1.82) is 0 Å². The van der Waals surface area contributed by atoms with E-state index in [0.29, 0.717) is 23.8 Å². The van der Waals surface area contributed by atoms with Crippen molar-refractivity contribution in [3.8, 4) is 0 Å². The van der Waals surface area contributed by atoms with E-state index in [-0.39, 0.29) is 27.2 Å². The van der Waals surface area contributed by atoms with E-state index >= 15 is 0 Å². The number of carbonyl (C=O) groups excluding carboxylic acids is 3. The van der Waals surface area contributed by atoms with Crippen LogP contribution in [0.4, 0.5) is 4.79 Å². The summed E-state index contributed by atoms with van der Waals surface area (Å²) in [5.41, 5.74) is 6.88. The van der Waals surface area contributed by atoms with E-state index in [2.05, 4.69) is 20.3 Å². The molecule has 0 saturated carbocycles. The van der Waals surface area contributed by atoms with Gasteiger partial charge in [-0.05, 0) is 31.5 Å². The molecule has 3 rings (SSSR count). The molecule has 0 aliphatic heterocycles. The summed E-state index contributed by atoms with van der Waals surface area (Å²) in [5, 5.41) is 11.4. The third-order valence-electron chi connectivity index (χ3n) is 5.38. The Labute approximate surface area is 222 Å². The summed E-state index contributed by atoms with van der Waals surface area (Å²) in [6, 6.07) is 14.1. The molecule has 3 N–H and O–H groups in total. The molecule has 0 aliphatic carbocycles. The summed E-state index contributed by atoms with van der Waals surface area (Å²) in [6.45, 7) is 3.23. The Morgan fingerprint density at radius 1 is 1.08 bits per heavy atom. The second-order valence-electron chi connectivity index (χ2n) is 9.00. The minimum atomic E-state index is -1.14. The van der Waals surface area contributed by atoms with Gasteiger partial charge >= 0.3 is 12.1 Å². The summed E-state index contributed by atoms with van der Waals surface area (Å²) in [6.07, 6.45) is -0.710. The number of pyridine rings is 1. The Bertz CT molecular complexity index is 1220. The van der Waals surface area contributed by atoms with Crippen LogP contribution >= 0.6 is 0 Å². The van der Waals surface area contributed by atoms with Gasteiger partial charge in [0.2, 0.25) is 5.91 Å². The number of hydrogen-bond donors (Lipinski definition) is 2. The molecule has 0 bridgehead atoms. The summed E-state index contributed by atoms with van der Waals surface area (Å²) >= 11 is 0. The predicted molar refractivity (Wildman–Crippen MR) is 140 cm³/mol. The fourth-order valence-electron chi connectivity index (χ4n) is 3.33. The molecule has 0 radical (unpaired) electrons. The van der Waals surface area contributed by atoms with Crippen LogP contribution in [0.5, 0.6) is 0 Å². The molecule has 0 saturated heterocycles. The molecule has 38 heavy (non-hydrogen) atoms. The van der Waals surface area contributed by atoms with Crippen LogP contribution in [0.3, 0.4) is 0 Å². The number of esters is 1. The Kier molecular flexibility index (Phi) is 10.7. The zero-order valence-electron chi connectivity index (χ0n) is 21.3. The van der Waals surface area contributed by atoms with Crippen LogP contribution < -0.4 is 11.1 Å². The molecule has 12 heteroatoms. The Balaban J connectivity index is 0.00000507. The molecule has 0 fully saturated rings. The largest absolute Gasteiger partial charge is 0.468 e. The first-order valence-corrected chi connectivity index (χ1v) is 11.6. The zero-order valence-corrected chi connectivity index (χ0v) is 21.3. The zero-order chi connectivity index (χ0) is 27.0. The van der Waals surface area contributed by atoms with E-state index in [1.807, 2.05) is 30.3 Å². The van der Waals surface area contributed by atoms with E-state index in [0.717, 1.165) is 10.5 Å². The number of aromatic nitrogens is 3. The number of benzene rings is 1. The van der Waals surface area contributed by atoms with Gasteiger partial charge in [-0.25, -0.2) is 4.79 Å². The molecule has 2 aromatic heterocycles. The highest BCUT2D eigenvalue weighted by Crippen LogP contribution is 2.19. The van der Waals surface area contributed by atoms with Crippen LogP contribution in [-0.2, 0) is 37.0 Å². The number of carbonyl (C=O) groups is 3. The number of ether oxygens (including phenoxy) is 3. The fraction of sp³-hybridized carbons (Fsp3) is 0.423. The Hall–Kier alpha value is -4.03. The van der Waals surface area contributed by atoms with Crippen LogP contribution in [0.15, 0.2) is 48.5 Å². The van der Waals surface area contributed by atoms with Gasteiger partial charge in [0.25, 0.3) is 0 Å². The average Bonchev–Trinajstić information content (AvgIpc) is 3.31. The van der Waals surface area contributed by atoms with E-state index in [1.54, 1.807) is 36.4 Å². The minimum absolute atomic E-state index is 0. The van der Waals surface area contributed by atoms with Gasteiger partial charge in [0.1, 0.15) is 19.2 Å². The van der Waals surface area contributed by atoms with Gasteiger partial charge in [0, 0.05) is 7.05 Å². The number of nitrogens with two attached hydrogens (primary N) is 1. The number of likely N-dealkylation sites (N-methyl/N-ethyl adjacent to an activating group) is 1. The molecule has 0 spiro atoms. The van der Waals surface area contributed by atoms with Crippen molar-refractivity contribution in [3.05, 3.63) is 65.6 Å². The van der Waals surface area contributed by atoms with Crippen LogP contribution in [-0.4, -0.2) is 70.3 Å². The van der Waals surface area contributed by atoms with E-state index < -0.39 is 29.6 Å². The van der Waals surface area contributed by atoms with Crippen molar-refractivity contribution in [2.75, 3.05) is 27.3 Å². The van der Waals surface area contributed by atoms with Crippen molar-refractivity contribution in [3.63, 3.8) is 0 Å². The molecule has 0 aliphatic rings. The maximum absolute atomic E-state index is 12.8. The number of nitrogens with one attached hydrogen (secondary N) is 1. The van der Waals surface area contributed by atoms with Gasteiger partial charge in [-0.2, -0.15) is 0 Å². The van der Waals surface area contributed by atoms with Crippen molar-refractivity contribution in [2.24, 2.45) is 5.73 Å². The first kappa shape index (κ1) is 30.2. The third-order valence-corrected chi connectivity index (χ3v) is 5.38. The molecule has 206 valence electrons. The molecule has 1 atom stereocenters. The lowest BCUT2D eigenvalue weighted by Crippen LogP contribution is -2.51. The lowest BCUT2D eigenvalue weighted by molar-refractivity contribution is -0.141. The molecule has 12 nitrogen and oxygen atoms in total. The molecule has 3 aromatic rings. The highest BCUT2D eigenvalue weighted by Gasteiger charge is 2.28. The number of amides is 2. The SMILES string of the molecule is C.COC(=O)CN(C)C(=O)OCc1cccc2nnc([C@@H](COCc3ccccc3)NC(=O)C(C)(C)N)n12. The van der Waals surface area contributed by atoms with Gasteiger partial charge in [0.05, 0.1) is 31.6 Å². The first-order valence-electron chi connectivity index (χ1n) is 11.6. The summed E-state index contributed by atoms with van der Waals surface area (Å²) < 4.78 is 17.6. The summed E-state index contributed by atoms with van der Waals surface area (Å²) in [5.74, 6) is -0.583. The molecule has 1 aromatic carbocycles. The van der Waals surface area contributed by atoms with Crippen molar-refractivity contribution in [1.82, 2.24) is 24.8 Å². The van der Waals surface area contributed by atoms with Gasteiger partial charge < -0.3 is 30.2 Å². The Morgan fingerprint density at radius 3 is 2.45 bits per heavy atom. The molecular formula is C26H36N6O6. The summed E-state index contributed by atoms with van der Waals surface area (Å²) in [7, 11) is 2.66. The lowest BCUT2D eigenvalue weighted by atomic mass is 10.1.